The first-order valence-electron chi connectivity index (χ1n) is 9.59. The van der Waals surface area contributed by atoms with Crippen molar-refractivity contribution in [1.29, 1.82) is 0 Å². The molecular weight excluding hydrogens is 338 g/mol. The van der Waals surface area contributed by atoms with Crippen LogP contribution in [0.5, 0.6) is 5.75 Å². The van der Waals surface area contributed by atoms with E-state index in [1.54, 1.807) is 7.11 Å². The number of nitrogens with zero attached hydrogens (tertiary/aromatic N) is 1. The van der Waals surface area contributed by atoms with Gasteiger partial charge in [-0.2, -0.15) is 0 Å². The number of piperazine rings is 1. The number of nitrogens with one attached hydrogen (secondary N) is 2. The Hall–Kier alpha value is -2.53. The largest absolute Gasteiger partial charge is 0.497 e. The zero-order chi connectivity index (χ0) is 19.4. The van der Waals surface area contributed by atoms with Gasteiger partial charge in [-0.05, 0) is 62.2 Å². The molecule has 0 aromatic heterocycles. The Labute approximate surface area is 161 Å². The first kappa shape index (κ1) is 19.2. The van der Waals surface area contributed by atoms with Gasteiger partial charge >= 0.3 is 0 Å². The highest BCUT2D eigenvalue weighted by atomic mass is 16.5. The lowest BCUT2D eigenvalue weighted by atomic mass is 10.1. The Morgan fingerprint density at radius 1 is 1.11 bits per heavy atom. The number of anilines is 2. The molecule has 1 amide bonds. The average molecular weight is 369 g/mol. The Morgan fingerprint density at radius 3 is 2.41 bits per heavy atom. The van der Waals surface area contributed by atoms with E-state index in [9.17, 15) is 4.79 Å². The fourth-order valence-electron chi connectivity index (χ4n) is 3.58. The molecule has 1 heterocycles. The minimum Gasteiger partial charge on any atom is -0.497 e. The first-order valence-corrected chi connectivity index (χ1v) is 9.59. The summed E-state index contributed by atoms with van der Waals surface area (Å²) in [5.74, 6) is 0.969. The number of hydrogen-bond acceptors (Lipinski definition) is 3. The molecule has 2 N–H and O–H groups in total. The minimum atomic E-state index is -0.0667. The highest BCUT2D eigenvalue weighted by Gasteiger charge is 2.29. The normalized spacial score (nSPS) is 16.1. The highest BCUT2D eigenvalue weighted by molar-refractivity contribution is 5.94. The molecule has 0 aliphatic carbocycles. The van der Waals surface area contributed by atoms with Crippen LogP contribution < -0.4 is 19.9 Å². The van der Waals surface area contributed by atoms with Crippen LogP contribution in [0, 0.1) is 13.8 Å². The van der Waals surface area contributed by atoms with Gasteiger partial charge in [-0.25, -0.2) is 0 Å². The summed E-state index contributed by atoms with van der Waals surface area (Å²) in [6.07, 6.45) is 0. The van der Waals surface area contributed by atoms with E-state index in [0.717, 1.165) is 48.7 Å². The molecule has 5 nitrogen and oxygen atoms in total. The zero-order valence-electron chi connectivity index (χ0n) is 16.7. The van der Waals surface area contributed by atoms with E-state index in [4.69, 9.17) is 4.74 Å². The molecule has 5 heteroatoms. The van der Waals surface area contributed by atoms with Crippen LogP contribution in [-0.2, 0) is 4.79 Å². The predicted octanol–water partition coefficient (Wildman–Crippen LogP) is 2.04. The van der Waals surface area contributed by atoms with Gasteiger partial charge in [0.2, 0.25) is 0 Å². The van der Waals surface area contributed by atoms with Crippen LogP contribution >= 0.6 is 0 Å². The van der Waals surface area contributed by atoms with Crippen LogP contribution in [-0.4, -0.2) is 45.2 Å². The monoisotopic (exact) mass is 368 g/mol. The van der Waals surface area contributed by atoms with Gasteiger partial charge in [-0.3, -0.25) is 4.79 Å². The molecule has 1 atom stereocenters. The van der Waals surface area contributed by atoms with Crippen LogP contribution in [0.4, 0.5) is 11.4 Å². The number of quaternary nitrogens is 1. The van der Waals surface area contributed by atoms with Crippen molar-refractivity contribution in [3.05, 3.63) is 53.6 Å². The zero-order valence-corrected chi connectivity index (χ0v) is 16.7. The third-order valence-electron chi connectivity index (χ3n) is 5.50. The van der Waals surface area contributed by atoms with E-state index in [2.05, 4.69) is 34.5 Å². The SMILES string of the molecule is COc1ccc(N2CC[NH+]([C@@H](C)C(=O)Nc3cc(C)ccc3C)CC2)cc1. The highest BCUT2D eigenvalue weighted by Crippen LogP contribution is 2.19. The van der Waals surface area contributed by atoms with Crippen LogP contribution in [0.15, 0.2) is 42.5 Å². The maximum atomic E-state index is 12.7. The molecule has 0 radical (unpaired) electrons. The molecule has 2 aromatic rings. The van der Waals surface area contributed by atoms with E-state index in [-0.39, 0.29) is 11.9 Å². The Balaban J connectivity index is 1.56. The van der Waals surface area contributed by atoms with E-state index in [0.29, 0.717) is 0 Å². The smallest absolute Gasteiger partial charge is 0.282 e. The Morgan fingerprint density at radius 2 is 1.78 bits per heavy atom. The lowest BCUT2D eigenvalue weighted by Gasteiger charge is -2.36. The fraction of sp³-hybridized carbons (Fsp3) is 0.409. The number of aryl methyl sites for hydroxylation is 2. The number of ether oxygens (including phenoxy) is 1. The van der Waals surface area contributed by atoms with Gasteiger partial charge in [-0.15, -0.1) is 0 Å². The van der Waals surface area contributed by atoms with Crippen molar-refractivity contribution in [1.82, 2.24) is 0 Å². The standard InChI is InChI=1S/C22H29N3O2/c1-16-5-6-17(2)21(15-16)23-22(26)18(3)24-11-13-25(14-12-24)19-7-9-20(27-4)10-8-19/h5-10,15,18H,11-14H2,1-4H3,(H,23,26)/p+1/t18-/m0/s1. The molecule has 1 fully saturated rings. The van der Waals surface area contributed by atoms with Crippen molar-refractivity contribution in [2.24, 2.45) is 0 Å². The number of carbonyl (C=O) groups excluding carboxylic acids is 1. The summed E-state index contributed by atoms with van der Waals surface area (Å²) in [6, 6.07) is 14.3. The third-order valence-corrected chi connectivity index (χ3v) is 5.50. The summed E-state index contributed by atoms with van der Waals surface area (Å²) < 4.78 is 5.23. The maximum Gasteiger partial charge on any atom is 0.282 e. The van der Waals surface area contributed by atoms with Gasteiger partial charge in [0.15, 0.2) is 6.04 Å². The molecular formula is C22H30N3O2+. The predicted molar refractivity (Wildman–Crippen MR) is 110 cm³/mol. The quantitative estimate of drug-likeness (QED) is 0.849. The average Bonchev–Trinajstić information content (AvgIpc) is 2.70. The molecule has 27 heavy (non-hydrogen) atoms. The van der Waals surface area contributed by atoms with Gasteiger partial charge in [0.05, 0.1) is 33.3 Å². The van der Waals surface area contributed by atoms with Crippen LogP contribution in [0.25, 0.3) is 0 Å². The van der Waals surface area contributed by atoms with Crippen LogP contribution in [0.3, 0.4) is 0 Å². The number of benzene rings is 2. The molecule has 144 valence electrons. The maximum absolute atomic E-state index is 12.7. The van der Waals surface area contributed by atoms with E-state index >= 15 is 0 Å². The summed E-state index contributed by atoms with van der Waals surface area (Å²) in [5.41, 5.74) is 4.38. The van der Waals surface area contributed by atoms with Crippen molar-refractivity contribution in [2.75, 3.05) is 43.5 Å². The minimum absolute atomic E-state index is 0.0667. The number of hydrogen-bond donors (Lipinski definition) is 2. The molecule has 0 bridgehead atoms. The number of amides is 1. The summed E-state index contributed by atoms with van der Waals surface area (Å²) in [7, 11) is 1.68. The van der Waals surface area contributed by atoms with Gasteiger partial charge in [0.25, 0.3) is 5.91 Å². The molecule has 0 saturated carbocycles. The lowest BCUT2D eigenvalue weighted by molar-refractivity contribution is -0.914. The second-order valence-electron chi connectivity index (χ2n) is 7.37. The fourth-order valence-corrected chi connectivity index (χ4v) is 3.58. The first-order chi connectivity index (χ1) is 13.0. The summed E-state index contributed by atoms with van der Waals surface area (Å²) in [4.78, 5) is 16.4. The summed E-state index contributed by atoms with van der Waals surface area (Å²) in [5, 5.41) is 3.12. The number of rotatable bonds is 5. The lowest BCUT2D eigenvalue weighted by Crippen LogP contribution is -3.19. The molecule has 1 aliphatic rings. The van der Waals surface area contributed by atoms with Crippen molar-refractivity contribution in [3.8, 4) is 5.75 Å². The molecule has 0 spiro atoms. The Bertz CT molecular complexity index is 781. The summed E-state index contributed by atoms with van der Waals surface area (Å²) >= 11 is 0. The number of carbonyl (C=O) groups is 1. The van der Waals surface area contributed by atoms with E-state index in [1.807, 2.05) is 39.0 Å². The van der Waals surface area contributed by atoms with Gasteiger partial charge in [0, 0.05) is 11.4 Å². The van der Waals surface area contributed by atoms with Crippen molar-refractivity contribution >= 4 is 17.3 Å². The van der Waals surface area contributed by atoms with Crippen molar-refractivity contribution < 1.29 is 14.4 Å². The third kappa shape index (κ3) is 4.61. The van der Waals surface area contributed by atoms with Gasteiger partial charge < -0.3 is 19.9 Å². The molecule has 0 unspecified atom stereocenters. The summed E-state index contributed by atoms with van der Waals surface area (Å²) in [6.45, 7) is 9.90. The second-order valence-corrected chi connectivity index (χ2v) is 7.37. The van der Waals surface area contributed by atoms with Crippen molar-refractivity contribution in [2.45, 2.75) is 26.8 Å². The molecule has 2 aromatic carbocycles. The topological polar surface area (TPSA) is 46.0 Å². The molecule has 3 rings (SSSR count). The van der Waals surface area contributed by atoms with Gasteiger partial charge in [0.1, 0.15) is 5.75 Å². The van der Waals surface area contributed by atoms with Crippen LogP contribution in [0.1, 0.15) is 18.1 Å². The number of methoxy groups -OCH3 is 1. The van der Waals surface area contributed by atoms with Crippen molar-refractivity contribution in [3.63, 3.8) is 0 Å². The molecule has 1 aliphatic heterocycles. The van der Waals surface area contributed by atoms with Gasteiger partial charge in [-0.1, -0.05) is 12.1 Å². The Kier molecular flexibility index (Phi) is 6.01. The van der Waals surface area contributed by atoms with E-state index < -0.39 is 0 Å². The second kappa shape index (κ2) is 8.44. The molecule has 1 saturated heterocycles. The van der Waals surface area contributed by atoms with E-state index in [1.165, 1.54) is 10.6 Å². The van der Waals surface area contributed by atoms with Crippen LogP contribution in [0.2, 0.25) is 0 Å².